The number of rotatable bonds is 2. The molecule has 0 N–H and O–H groups in total. The average Bonchev–Trinajstić information content (AvgIpc) is 3.50. The number of anilines is 3. The molecule has 6 heteroatoms. The molecule has 3 aromatic carbocycles. The van der Waals surface area contributed by atoms with E-state index in [0.29, 0.717) is 11.1 Å². The van der Waals surface area contributed by atoms with E-state index < -0.39 is 0 Å². The fourth-order valence-corrected chi connectivity index (χ4v) is 9.10. The molecule has 0 amide bonds. The fraction of sp³-hybridized carbons (Fsp3) is 0. The van der Waals surface area contributed by atoms with Crippen LogP contribution < -0.4 is 13.8 Å². The molecular weight excluding hydrogens is 525 g/mol. The van der Waals surface area contributed by atoms with Crippen molar-refractivity contribution in [1.29, 1.82) is 0 Å². The van der Waals surface area contributed by atoms with Crippen molar-refractivity contribution in [2.24, 2.45) is 0 Å². The zero-order valence-electron chi connectivity index (χ0n) is 17.6. The van der Waals surface area contributed by atoms with Crippen molar-refractivity contribution in [3.8, 4) is 0 Å². The number of nitrogens with zero attached hydrogens (tertiary/aromatic N) is 1. The minimum atomic E-state index is -0.179. The van der Waals surface area contributed by atoms with Crippen LogP contribution >= 0.6 is 22.7 Å². The first-order valence-corrected chi connectivity index (χ1v) is 14.1. The van der Waals surface area contributed by atoms with Crippen molar-refractivity contribution in [1.82, 2.24) is 0 Å². The van der Waals surface area contributed by atoms with Crippen LogP contribution in [0.4, 0.5) is 16.4 Å². The molecule has 2 aromatic heterocycles. The topological polar surface area (TPSA) is 37.4 Å². The van der Waals surface area contributed by atoms with Gasteiger partial charge in [-0.25, -0.2) is 0 Å². The summed E-state index contributed by atoms with van der Waals surface area (Å²) in [5.74, 6) is -0.358. The number of hydrogen-bond donors (Lipinski definition) is 0. The number of hydrogen-bond acceptors (Lipinski definition) is 5. The second kappa shape index (κ2) is 7.62. The molecule has 2 aliphatic rings. The van der Waals surface area contributed by atoms with Gasteiger partial charge < -0.3 is 0 Å². The summed E-state index contributed by atoms with van der Waals surface area (Å²) in [4.78, 5) is 28.8. The van der Waals surface area contributed by atoms with Crippen molar-refractivity contribution in [2.75, 3.05) is 4.90 Å². The van der Waals surface area contributed by atoms with Gasteiger partial charge in [0.25, 0.3) is 0 Å². The Labute approximate surface area is 210 Å². The van der Waals surface area contributed by atoms with Gasteiger partial charge in [0.1, 0.15) is 0 Å². The van der Waals surface area contributed by atoms with Gasteiger partial charge in [0.05, 0.1) is 0 Å². The van der Waals surface area contributed by atoms with Crippen molar-refractivity contribution >= 4 is 90.0 Å². The number of allylic oxidation sites excluding steroid dienone is 1. The minimum Gasteiger partial charge on any atom is -0.0615 e. The molecular formula is C28H15NO2S2Se. The number of thiophene rings is 2. The van der Waals surface area contributed by atoms with Crippen LogP contribution in [-0.2, 0) is 0 Å². The van der Waals surface area contributed by atoms with Gasteiger partial charge in [-0.15, -0.1) is 0 Å². The fourth-order valence-electron chi connectivity index (χ4n) is 4.51. The van der Waals surface area contributed by atoms with Gasteiger partial charge in [0.2, 0.25) is 0 Å². The van der Waals surface area contributed by atoms with Crippen molar-refractivity contribution in [3.05, 3.63) is 107 Å². The van der Waals surface area contributed by atoms with E-state index in [1.807, 2.05) is 0 Å². The van der Waals surface area contributed by atoms with E-state index in [1.165, 1.54) is 25.3 Å². The molecule has 34 heavy (non-hydrogen) atoms. The number of carbonyl (C=O) groups excluding carboxylic acids is 2. The van der Waals surface area contributed by atoms with E-state index in [-0.39, 0.29) is 32.1 Å². The summed E-state index contributed by atoms with van der Waals surface area (Å²) in [5, 5.41) is 1.18. The molecule has 0 fully saturated rings. The van der Waals surface area contributed by atoms with Crippen LogP contribution in [0.5, 0.6) is 0 Å². The maximum absolute atomic E-state index is 12.8. The molecule has 0 saturated heterocycles. The van der Waals surface area contributed by atoms with Crippen LogP contribution in [0.2, 0.25) is 0 Å². The quantitative estimate of drug-likeness (QED) is 0.157. The zero-order chi connectivity index (χ0) is 22.8. The van der Waals surface area contributed by atoms with Crippen LogP contribution in [0.15, 0.2) is 90.5 Å². The summed E-state index contributed by atoms with van der Waals surface area (Å²) in [6.45, 7) is 0. The number of Topliss-reactive ketones (excluding diaryl/α,β-unsaturated/α-hetero) is 2. The van der Waals surface area contributed by atoms with Gasteiger partial charge in [0, 0.05) is 0 Å². The van der Waals surface area contributed by atoms with Gasteiger partial charge in [0.15, 0.2) is 0 Å². The third-order valence-electron chi connectivity index (χ3n) is 6.06. The Morgan fingerprint density at radius 1 is 0.676 bits per heavy atom. The Bertz CT molecular complexity index is 1580. The predicted octanol–water partition coefficient (Wildman–Crippen LogP) is 5.86. The molecule has 0 bridgehead atoms. The number of benzene rings is 3. The van der Waals surface area contributed by atoms with Crippen molar-refractivity contribution < 1.29 is 9.59 Å². The molecule has 3 nitrogen and oxygen atoms in total. The SMILES string of the molecule is O=C1C(=Cc2cc3sc(N4c5ccccc5[Se]c5ccccc54)cc3s2)C(=O)c2ccccc21. The summed E-state index contributed by atoms with van der Waals surface area (Å²) in [5.41, 5.74) is 3.76. The van der Waals surface area contributed by atoms with E-state index in [9.17, 15) is 9.59 Å². The molecule has 3 heterocycles. The number of carbonyl (C=O) groups is 2. The summed E-state index contributed by atoms with van der Waals surface area (Å²) in [6, 6.07) is 28.7. The Hall–Kier alpha value is -3.28. The number of fused-ring (bicyclic) bond motifs is 4. The first-order chi connectivity index (χ1) is 16.7. The van der Waals surface area contributed by atoms with E-state index in [1.54, 1.807) is 53.0 Å². The summed E-state index contributed by atoms with van der Waals surface area (Å²) in [7, 11) is 0. The van der Waals surface area contributed by atoms with Crippen LogP contribution in [0.1, 0.15) is 25.6 Å². The Balaban J connectivity index is 1.29. The van der Waals surface area contributed by atoms with Crippen LogP contribution in [-0.4, -0.2) is 26.5 Å². The zero-order valence-corrected chi connectivity index (χ0v) is 21.0. The molecule has 0 spiro atoms. The molecule has 1 aliphatic heterocycles. The van der Waals surface area contributed by atoms with Crippen LogP contribution in [0.25, 0.3) is 15.5 Å². The maximum atomic E-state index is 12.8. The van der Waals surface area contributed by atoms with Gasteiger partial charge in [-0.05, 0) is 0 Å². The Morgan fingerprint density at radius 3 is 1.85 bits per heavy atom. The third kappa shape index (κ3) is 3.00. The van der Waals surface area contributed by atoms with Crippen LogP contribution in [0.3, 0.4) is 0 Å². The Kier molecular flexibility index (Phi) is 4.51. The van der Waals surface area contributed by atoms with Crippen LogP contribution in [0, 0.1) is 0 Å². The van der Waals surface area contributed by atoms with Gasteiger partial charge in [-0.3, -0.25) is 0 Å². The predicted molar refractivity (Wildman–Crippen MR) is 142 cm³/mol. The molecule has 0 radical (unpaired) electrons. The van der Waals surface area contributed by atoms with Gasteiger partial charge in [-0.2, -0.15) is 0 Å². The average molecular weight is 541 g/mol. The van der Waals surface area contributed by atoms with Crippen molar-refractivity contribution in [3.63, 3.8) is 0 Å². The van der Waals surface area contributed by atoms with E-state index in [0.717, 1.165) is 14.3 Å². The third-order valence-corrected chi connectivity index (χ3v) is 10.7. The van der Waals surface area contributed by atoms with Crippen molar-refractivity contribution in [2.45, 2.75) is 0 Å². The number of para-hydroxylation sites is 2. The summed E-state index contributed by atoms with van der Waals surface area (Å²) >= 11 is 3.65. The minimum absolute atomic E-state index is 0.179. The normalized spacial score (nSPS) is 14.4. The molecule has 162 valence electrons. The Morgan fingerprint density at radius 2 is 1.24 bits per heavy atom. The first kappa shape index (κ1) is 20.1. The second-order valence-electron chi connectivity index (χ2n) is 8.10. The molecule has 0 atom stereocenters. The molecule has 7 rings (SSSR count). The summed E-state index contributed by atoms with van der Waals surface area (Å²) < 4.78 is 5.09. The van der Waals surface area contributed by atoms with E-state index >= 15 is 0 Å². The van der Waals surface area contributed by atoms with Gasteiger partial charge >= 0.3 is 187 Å². The first-order valence-electron chi connectivity index (χ1n) is 10.8. The molecule has 0 unspecified atom stereocenters. The second-order valence-corrected chi connectivity index (χ2v) is 12.5. The van der Waals surface area contributed by atoms with Gasteiger partial charge in [-0.1, -0.05) is 24.3 Å². The molecule has 1 aliphatic carbocycles. The smallest absolute Gasteiger partial charge is 0.0615 e. The van der Waals surface area contributed by atoms with E-state index in [2.05, 4.69) is 65.6 Å². The van der Waals surface area contributed by atoms with E-state index in [4.69, 9.17) is 0 Å². The monoisotopic (exact) mass is 541 g/mol. The standard InChI is InChI=1S/C28H15NO2S2Se/c30-27-17-7-1-2-8-18(17)28(31)19(27)13-16-14-22-23(32-16)15-26(33-22)29-20-9-3-5-11-24(20)34-25-12-6-4-10-21(25)29/h1-15H. The molecule has 0 saturated carbocycles. The molecule has 5 aromatic rings. The summed E-state index contributed by atoms with van der Waals surface area (Å²) in [6.07, 6.45) is 1.76. The number of ketones is 2.